The number of aryl methyl sites for hydroxylation is 1. The molecule has 2 N–H and O–H groups in total. The number of halogens is 1. The molecule has 0 saturated carbocycles. The molecule has 3 heteroatoms. The van der Waals surface area contributed by atoms with E-state index >= 15 is 0 Å². The van der Waals surface area contributed by atoms with Gasteiger partial charge in [0.05, 0.1) is 11.6 Å². The van der Waals surface area contributed by atoms with Crippen molar-refractivity contribution in [1.82, 2.24) is 0 Å². The molecule has 1 atom stereocenters. The first kappa shape index (κ1) is 13.3. The standard InChI is InChI=1S/C13H20ClNO/c1-4-11(15)7-10-8-12(14)13(16-5-2)6-9(10)3/h6,8,11H,4-5,7,15H2,1-3H3. The SMILES string of the molecule is CCOc1cc(C)c(CC(N)CC)cc1Cl. The van der Waals surface area contributed by atoms with E-state index in [2.05, 4.69) is 13.8 Å². The summed E-state index contributed by atoms with van der Waals surface area (Å²) in [6, 6.07) is 4.16. The molecule has 0 saturated heterocycles. The highest BCUT2D eigenvalue weighted by molar-refractivity contribution is 6.32. The van der Waals surface area contributed by atoms with Gasteiger partial charge >= 0.3 is 0 Å². The Morgan fingerprint density at radius 1 is 1.38 bits per heavy atom. The monoisotopic (exact) mass is 241 g/mol. The maximum atomic E-state index is 6.14. The molecular weight excluding hydrogens is 222 g/mol. The molecule has 0 aliphatic heterocycles. The lowest BCUT2D eigenvalue weighted by atomic mass is 10.00. The molecular formula is C13H20ClNO. The number of benzene rings is 1. The highest BCUT2D eigenvalue weighted by Crippen LogP contribution is 2.28. The van der Waals surface area contributed by atoms with Gasteiger partial charge in [0, 0.05) is 6.04 Å². The van der Waals surface area contributed by atoms with Crippen molar-refractivity contribution in [1.29, 1.82) is 0 Å². The van der Waals surface area contributed by atoms with Gasteiger partial charge in [-0.3, -0.25) is 0 Å². The molecule has 90 valence electrons. The second-order valence-corrected chi connectivity index (χ2v) is 4.42. The Hall–Kier alpha value is -0.730. The van der Waals surface area contributed by atoms with E-state index in [9.17, 15) is 0 Å². The van der Waals surface area contributed by atoms with Crippen LogP contribution < -0.4 is 10.5 Å². The van der Waals surface area contributed by atoms with Gasteiger partial charge in [0.2, 0.25) is 0 Å². The van der Waals surface area contributed by atoms with Crippen LogP contribution in [0.2, 0.25) is 5.02 Å². The van der Waals surface area contributed by atoms with Gasteiger partial charge < -0.3 is 10.5 Å². The Morgan fingerprint density at radius 2 is 2.06 bits per heavy atom. The van der Waals surface area contributed by atoms with Crippen LogP contribution in [-0.2, 0) is 6.42 Å². The molecule has 0 aromatic heterocycles. The van der Waals surface area contributed by atoms with E-state index in [1.807, 2.05) is 19.1 Å². The average Bonchev–Trinajstić information content (AvgIpc) is 2.25. The zero-order chi connectivity index (χ0) is 12.1. The Kier molecular flexibility index (Phi) is 5.10. The van der Waals surface area contributed by atoms with Crippen LogP contribution in [-0.4, -0.2) is 12.6 Å². The van der Waals surface area contributed by atoms with Crippen LogP contribution in [0, 0.1) is 6.92 Å². The number of nitrogens with two attached hydrogens (primary N) is 1. The smallest absolute Gasteiger partial charge is 0.138 e. The molecule has 1 aromatic carbocycles. The number of hydrogen-bond donors (Lipinski definition) is 1. The third-order valence-corrected chi connectivity index (χ3v) is 2.99. The summed E-state index contributed by atoms with van der Waals surface area (Å²) in [5.74, 6) is 0.760. The summed E-state index contributed by atoms with van der Waals surface area (Å²) in [4.78, 5) is 0. The molecule has 0 amide bonds. The summed E-state index contributed by atoms with van der Waals surface area (Å²) in [5, 5.41) is 0.672. The van der Waals surface area contributed by atoms with E-state index in [0.717, 1.165) is 18.6 Å². The molecule has 2 nitrogen and oxygen atoms in total. The largest absolute Gasteiger partial charge is 0.492 e. The number of hydrogen-bond acceptors (Lipinski definition) is 2. The van der Waals surface area contributed by atoms with Crippen LogP contribution in [0.25, 0.3) is 0 Å². The molecule has 0 heterocycles. The third kappa shape index (κ3) is 3.39. The van der Waals surface area contributed by atoms with Gasteiger partial charge in [-0.15, -0.1) is 0 Å². The van der Waals surface area contributed by atoms with E-state index in [-0.39, 0.29) is 6.04 Å². The Bertz CT molecular complexity index is 352. The van der Waals surface area contributed by atoms with Crippen LogP contribution in [0.5, 0.6) is 5.75 Å². The van der Waals surface area contributed by atoms with Crippen molar-refractivity contribution >= 4 is 11.6 Å². The summed E-state index contributed by atoms with van der Waals surface area (Å²) >= 11 is 6.14. The first-order valence-corrected chi connectivity index (χ1v) is 6.13. The van der Waals surface area contributed by atoms with Gasteiger partial charge in [-0.05, 0) is 49.9 Å². The van der Waals surface area contributed by atoms with Gasteiger partial charge in [-0.1, -0.05) is 18.5 Å². The lowest BCUT2D eigenvalue weighted by Gasteiger charge is -2.14. The molecule has 0 bridgehead atoms. The van der Waals surface area contributed by atoms with Crippen LogP contribution in [0.4, 0.5) is 0 Å². The maximum Gasteiger partial charge on any atom is 0.138 e. The first-order valence-electron chi connectivity index (χ1n) is 5.75. The van der Waals surface area contributed by atoms with Crippen molar-refractivity contribution in [2.45, 2.75) is 39.7 Å². The summed E-state index contributed by atoms with van der Waals surface area (Å²) in [6.07, 6.45) is 1.85. The van der Waals surface area contributed by atoms with Crippen molar-refractivity contribution in [2.75, 3.05) is 6.61 Å². The predicted molar refractivity (Wildman–Crippen MR) is 69.3 cm³/mol. The normalized spacial score (nSPS) is 12.6. The zero-order valence-corrected chi connectivity index (χ0v) is 11.0. The summed E-state index contributed by atoms with van der Waals surface area (Å²) < 4.78 is 5.44. The van der Waals surface area contributed by atoms with Gasteiger partial charge in [0.15, 0.2) is 0 Å². The molecule has 0 aliphatic rings. The van der Waals surface area contributed by atoms with Crippen molar-refractivity contribution in [2.24, 2.45) is 5.73 Å². The topological polar surface area (TPSA) is 35.2 Å². The van der Waals surface area contributed by atoms with Gasteiger partial charge in [0.25, 0.3) is 0 Å². The molecule has 0 aliphatic carbocycles. The molecule has 0 radical (unpaired) electrons. The van der Waals surface area contributed by atoms with Crippen LogP contribution >= 0.6 is 11.6 Å². The van der Waals surface area contributed by atoms with Gasteiger partial charge in [-0.2, -0.15) is 0 Å². The molecule has 0 fully saturated rings. The van der Waals surface area contributed by atoms with Gasteiger partial charge in [-0.25, -0.2) is 0 Å². The maximum absolute atomic E-state index is 6.14. The lowest BCUT2D eigenvalue weighted by molar-refractivity contribution is 0.340. The number of ether oxygens (including phenoxy) is 1. The van der Waals surface area contributed by atoms with Crippen LogP contribution in [0.3, 0.4) is 0 Å². The van der Waals surface area contributed by atoms with E-state index in [4.69, 9.17) is 22.1 Å². The minimum Gasteiger partial charge on any atom is -0.492 e. The van der Waals surface area contributed by atoms with Gasteiger partial charge in [0.1, 0.15) is 5.75 Å². The summed E-state index contributed by atoms with van der Waals surface area (Å²) in [7, 11) is 0. The van der Waals surface area contributed by atoms with E-state index in [1.165, 1.54) is 11.1 Å². The Morgan fingerprint density at radius 3 is 2.62 bits per heavy atom. The van der Waals surface area contributed by atoms with E-state index < -0.39 is 0 Å². The first-order chi connectivity index (χ1) is 7.58. The minimum absolute atomic E-state index is 0.202. The van der Waals surface area contributed by atoms with Crippen molar-refractivity contribution < 1.29 is 4.74 Å². The fourth-order valence-electron chi connectivity index (χ4n) is 1.61. The Balaban J connectivity index is 2.91. The molecule has 1 unspecified atom stereocenters. The third-order valence-electron chi connectivity index (χ3n) is 2.70. The Labute approximate surface area is 103 Å². The lowest BCUT2D eigenvalue weighted by Crippen LogP contribution is -2.21. The summed E-state index contributed by atoms with van der Waals surface area (Å²) in [5.41, 5.74) is 8.35. The highest BCUT2D eigenvalue weighted by Gasteiger charge is 2.09. The van der Waals surface area contributed by atoms with Crippen molar-refractivity contribution in [3.8, 4) is 5.75 Å². The minimum atomic E-state index is 0.202. The predicted octanol–water partition coefficient (Wildman–Crippen LogP) is 3.33. The van der Waals surface area contributed by atoms with Crippen molar-refractivity contribution in [3.05, 3.63) is 28.3 Å². The average molecular weight is 242 g/mol. The van der Waals surface area contributed by atoms with E-state index in [1.54, 1.807) is 0 Å². The van der Waals surface area contributed by atoms with Crippen molar-refractivity contribution in [3.63, 3.8) is 0 Å². The second-order valence-electron chi connectivity index (χ2n) is 4.01. The van der Waals surface area contributed by atoms with Crippen LogP contribution in [0.15, 0.2) is 12.1 Å². The zero-order valence-electron chi connectivity index (χ0n) is 10.2. The molecule has 1 rings (SSSR count). The fourth-order valence-corrected chi connectivity index (χ4v) is 1.85. The fraction of sp³-hybridized carbons (Fsp3) is 0.538. The quantitative estimate of drug-likeness (QED) is 0.858. The highest BCUT2D eigenvalue weighted by atomic mass is 35.5. The second kappa shape index (κ2) is 6.12. The van der Waals surface area contributed by atoms with E-state index in [0.29, 0.717) is 11.6 Å². The molecule has 1 aromatic rings. The molecule has 0 spiro atoms. The number of rotatable bonds is 5. The molecule has 16 heavy (non-hydrogen) atoms. The van der Waals surface area contributed by atoms with Crippen LogP contribution in [0.1, 0.15) is 31.4 Å². The summed E-state index contributed by atoms with van der Waals surface area (Å²) in [6.45, 7) is 6.74.